The van der Waals surface area contributed by atoms with Gasteiger partial charge in [-0.3, -0.25) is 4.68 Å². The summed E-state index contributed by atoms with van der Waals surface area (Å²) >= 11 is 6.06. The molecular weight excluding hydrogens is 410 g/mol. The lowest BCUT2D eigenvalue weighted by molar-refractivity contribution is 0.0258. The number of hydrogen-bond donors (Lipinski definition) is 0. The molecule has 0 N–H and O–H groups in total. The number of ether oxygens (including phenoxy) is 1. The molecular formula is C25H28ClN3O2. The van der Waals surface area contributed by atoms with Gasteiger partial charge in [-0.1, -0.05) is 54.1 Å². The van der Waals surface area contributed by atoms with Crippen LogP contribution in [0, 0.1) is 0 Å². The Morgan fingerprint density at radius 3 is 2.39 bits per heavy atom. The summed E-state index contributed by atoms with van der Waals surface area (Å²) in [5.74, 6) is 0. The van der Waals surface area contributed by atoms with Crippen LogP contribution in [0.4, 0.5) is 4.79 Å². The quantitative estimate of drug-likeness (QED) is 0.536. The number of nitrogens with zero attached hydrogens (tertiary/aromatic N) is 3. The fourth-order valence-corrected chi connectivity index (χ4v) is 4.03. The number of carbonyl (C=O) groups is 1. The normalized spacial score (nSPS) is 14.1. The second kappa shape index (κ2) is 8.75. The smallest absolute Gasteiger partial charge is 0.410 e. The minimum Gasteiger partial charge on any atom is -0.444 e. The molecule has 0 saturated heterocycles. The largest absolute Gasteiger partial charge is 0.444 e. The van der Waals surface area contributed by atoms with Crippen molar-refractivity contribution in [3.63, 3.8) is 0 Å². The van der Waals surface area contributed by atoms with Gasteiger partial charge in [0.1, 0.15) is 5.60 Å². The van der Waals surface area contributed by atoms with Gasteiger partial charge in [-0.2, -0.15) is 5.10 Å². The summed E-state index contributed by atoms with van der Waals surface area (Å²) in [6, 6.07) is 18.1. The molecule has 0 aliphatic carbocycles. The molecule has 1 aromatic heterocycles. The number of rotatable bonds is 3. The predicted octanol–water partition coefficient (Wildman–Crippen LogP) is 5.59. The zero-order valence-electron chi connectivity index (χ0n) is 18.3. The molecule has 2 aromatic carbocycles. The minimum atomic E-state index is -0.503. The Balaban J connectivity index is 1.66. The maximum Gasteiger partial charge on any atom is 0.410 e. The molecule has 1 aliphatic rings. The maximum absolute atomic E-state index is 12.7. The van der Waals surface area contributed by atoms with Gasteiger partial charge >= 0.3 is 6.09 Å². The standard InChI is InChI=1S/C25H28ClN3O2/c1-25(2,3)31-24(30)28-15-13-21-22(14-16-28)29(17-18-9-11-20(26)12-10-18)27-23(21)19-7-5-4-6-8-19/h4-12H,13-17H2,1-3H3. The van der Waals surface area contributed by atoms with Crippen LogP contribution in [-0.4, -0.2) is 39.5 Å². The number of fused-ring (bicyclic) bond motifs is 1. The van der Waals surface area contributed by atoms with Gasteiger partial charge in [0.15, 0.2) is 0 Å². The predicted molar refractivity (Wildman–Crippen MR) is 123 cm³/mol. The second-order valence-electron chi connectivity index (χ2n) is 8.89. The molecule has 0 radical (unpaired) electrons. The monoisotopic (exact) mass is 437 g/mol. The molecule has 0 unspecified atom stereocenters. The van der Waals surface area contributed by atoms with E-state index >= 15 is 0 Å². The van der Waals surface area contributed by atoms with Crippen molar-refractivity contribution in [3.05, 3.63) is 76.4 Å². The first-order valence-electron chi connectivity index (χ1n) is 10.7. The lowest BCUT2D eigenvalue weighted by atomic mass is 10.0. The van der Waals surface area contributed by atoms with Crippen LogP contribution in [0.1, 0.15) is 37.6 Å². The Labute approximate surface area is 188 Å². The topological polar surface area (TPSA) is 47.4 Å². The first kappa shape index (κ1) is 21.4. The molecule has 0 spiro atoms. The highest BCUT2D eigenvalue weighted by Gasteiger charge is 2.28. The minimum absolute atomic E-state index is 0.254. The van der Waals surface area contributed by atoms with Crippen LogP contribution in [0.2, 0.25) is 5.02 Å². The van der Waals surface area contributed by atoms with Gasteiger partial charge in [-0.15, -0.1) is 0 Å². The average molecular weight is 438 g/mol. The van der Waals surface area contributed by atoms with Gasteiger partial charge in [-0.05, 0) is 44.9 Å². The number of carbonyl (C=O) groups excluding carboxylic acids is 1. The Morgan fingerprint density at radius 2 is 1.71 bits per heavy atom. The number of aromatic nitrogens is 2. The Bertz CT molecular complexity index is 1050. The summed E-state index contributed by atoms with van der Waals surface area (Å²) < 4.78 is 7.70. The van der Waals surface area contributed by atoms with E-state index in [-0.39, 0.29) is 6.09 Å². The Kier molecular flexibility index (Phi) is 6.05. The van der Waals surface area contributed by atoms with Crippen molar-refractivity contribution < 1.29 is 9.53 Å². The average Bonchev–Trinajstić information content (AvgIpc) is 2.91. The number of hydrogen-bond acceptors (Lipinski definition) is 3. The molecule has 5 nitrogen and oxygen atoms in total. The van der Waals surface area contributed by atoms with Crippen molar-refractivity contribution in [2.75, 3.05) is 13.1 Å². The van der Waals surface area contributed by atoms with Gasteiger partial charge < -0.3 is 9.64 Å². The van der Waals surface area contributed by atoms with Gasteiger partial charge in [0.2, 0.25) is 0 Å². The van der Waals surface area contributed by atoms with Crippen molar-refractivity contribution in [3.8, 4) is 11.3 Å². The highest BCUT2D eigenvalue weighted by molar-refractivity contribution is 6.30. The number of halogens is 1. The lowest BCUT2D eigenvalue weighted by Gasteiger charge is -2.26. The summed E-state index contributed by atoms with van der Waals surface area (Å²) in [7, 11) is 0. The zero-order chi connectivity index (χ0) is 22.0. The van der Waals surface area contributed by atoms with Crippen molar-refractivity contribution in [2.45, 2.75) is 45.8 Å². The van der Waals surface area contributed by atoms with Gasteiger partial charge in [0.05, 0.1) is 12.2 Å². The van der Waals surface area contributed by atoms with E-state index in [1.165, 1.54) is 11.3 Å². The fraction of sp³-hybridized carbons (Fsp3) is 0.360. The van der Waals surface area contributed by atoms with Gasteiger partial charge in [0.25, 0.3) is 0 Å². The van der Waals surface area contributed by atoms with E-state index in [0.29, 0.717) is 19.6 Å². The van der Waals surface area contributed by atoms with Crippen LogP contribution in [-0.2, 0) is 24.1 Å². The van der Waals surface area contributed by atoms with Crippen molar-refractivity contribution in [1.82, 2.24) is 14.7 Å². The molecule has 1 amide bonds. The van der Waals surface area contributed by atoms with Crippen LogP contribution in [0.25, 0.3) is 11.3 Å². The SMILES string of the molecule is CC(C)(C)OC(=O)N1CCc2c(-c3ccccc3)nn(Cc3ccc(Cl)cc3)c2CC1. The van der Waals surface area contributed by atoms with E-state index in [4.69, 9.17) is 21.4 Å². The van der Waals surface area contributed by atoms with Crippen LogP contribution in [0.15, 0.2) is 54.6 Å². The van der Waals surface area contributed by atoms with Crippen LogP contribution in [0.3, 0.4) is 0 Å². The van der Waals surface area contributed by atoms with Gasteiger partial charge in [0, 0.05) is 41.4 Å². The van der Waals surface area contributed by atoms with Crippen LogP contribution < -0.4 is 0 Å². The molecule has 4 rings (SSSR count). The highest BCUT2D eigenvalue weighted by Crippen LogP contribution is 2.29. The molecule has 6 heteroatoms. The van der Waals surface area contributed by atoms with Gasteiger partial charge in [-0.25, -0.2) is 4.79 Å². The van der Waals surface area contributed by atoms with E-state index < -0.39 is 5.60 Å². The zero-order valence-corrected chi connectivity index (χ0v) is 19.0. The summed E-state index contributed by atoms with van der Waals surface area (Å²) in [5.41, 5.74) is 5.13. The number of amides is 1. The molecule has 0 atom stereocenters. The molecule has 31 heavy (non-hydrogen) atoms. The Morgan fingerprint density at radius 1 is 1.03 bits per heavy atom. The molecule has 1 aliphatic heterocycles. The van der Waals surface area contributed by atoms with Crippen LogP contribution >= 0.6 is 11.6 Å². The first-order valence-corrected chi connectivity index (χ1v) is 11.0. The molecule has 0 saturated carbocycles. The van der Waals surface area contributed by atoms with E-state index in [9.17, 15) is 4.79 Å². The van der Waals surface area contributed by atoms with Crippen molar-refractivity contribution in [2.24, 2.45) is 0 Å². The summed E-state index contributed by atoms with van der Waals surface area (Å²) in [6.07, 6.45) is 1.23. The highest BCUT2D eigenvalue weighted by atomic mass is 35.5. The maximum atomic E-state index is 12.7. The lowest BCUT2D eigenvalue weighted by Crippen LogP contribution is -2.38. The van der Waals surface area contributed by atoms with E-state index in [2.05, 4.69) is 16.8 Å². The Hall–Kier alpha value is -2.79. The van der Waals surface area contributed by atoms with E-state index in [1.807, 2.05) is 68.1 Å². The summed E-state index contributed by atoms with van der Waals surface area (Å²) in [6.45, 7) is 7.59. The van der Waals surface area contributed by atoms with Crippen LogP contribution in [0.5, 0.6) is 0 Å². The van der Waals surface area contributed by atoms with Crippen molar-refractivity contribution >= 4 is 17.7 Å². The first-order chi connectivity index (χ1) is 14.8. The third-order valence-corrected chi connectivity index (χ3v) is 5.61. The molecule has 0 fully saturated rings. The second-order valence-corrected chi connectivity index (χ2v) is 9.33. The number of benzene rings is 2. The van der Waals surface area contributed by atoms with Crippen molar-refractivity contribution in [1.29, 1.82) is 0 Å². The molecule has 2 heterocycles. The summed E-state index contributed by atoms with van der Waals surface area (Å²) in [4.78, 5) is 14.5. The summed E-state index contributed by atoms with van der Waals surface area (Å²) in [5, 5.41) is 5.72. The third kappa shape index (κ3) is 5.10. The van der Waals surface area contributed by atoms with E-state index in [1.54, 1.807) is 0 Å². The molecule has 3 aromatic rings. The molecule has 162 valence electrons. The fourth-order valence-electron chi connectivity index (χ4n) is 3.91. The van der Waals surface area contributed by atoms with E-state index in [0.717, 1.165) is 34.7 Å². The molecule has 0 bridgehead atoms. The third-order valence-electron chi connectivity index (χ3n) is 5.36.